The van der Waals surface area contributed by atoms with E-state index in [0.717, 1.165) is 24.8 Å². The van der Waals surface area contributed by atoms with Crippen LogP contribution in [0.5, 0.6) is 0 Å². The van der Waals surface area contributed by atoms with E-state index in [1.165, 1.54) is 0 Å². The van der Waals surface area contributed by atoms with Crippen LogP contribution in [-0.4, -0.2) is 17.3 Å². The zero-order chi connectivity index (χ0) is 12.4. The van der Waals surface area contributed by atoms with Crippen LogP contribution in [0.25, 0.3) is 0 Å². The summed E-state index contributed by atoms with van der Waals surface area (Å²) in [7, 11) is 0. The summed E-state index contributed by atoms with van der Waals surface area (Å²) in [4.78, 5) is 0. The van der Waals surface area contributed by atoms with Crippen molar-refractivity contribution in [1.82, 2.24) is 5.32 Å². The third-order valence-corrected chi connectivity index (χ3v) is 3.64. The Kier molecular flexibility index (Phi) is 3.79. The van der Waals surface area contributed by atoms with Gasteiger partial charge in [-0.05, 0) is 50.3 Å². The predicted octanol–water partition coefficient (Wildman–Crippen LogP) is 2.70. The molecule has 2 rings (SSSR count). The first-order valence-electron chi connectivity index (χ1n) is 6.28. The fourth-order valence-electron chi connectivity index (χ4n) is 2.43. The van der Waals surface area contributed by atoms with Crippen molar-refractivity contribution in [2.45, 2.75) is 51.3 Å². The van der Waals surface area contributed by atoms with Gasteiger partial charge in [0.25, 0.3) is 0 Å². The summed E-state index contributed by atoms with van der Waals surface area (Å²) in [5.41, 5.74) is 1.61. The van der Waals surface area contributed by atoms with Crippen LogP contribution in [0.4, 0.5) is 4.39 Å². The van der Waals surface area contributed by atoms with Gasteiger partial charge in [-0.3, -0.25) is 0 Å². The van der Waals surface area contributed by atoms with E-state index >= 15 is 0 Å². The van der Waals surface area contributed by atoms with Gasteiger partial charge in [-0.1, -0.05) is 12.1 Å². The Hall–Kier alpha value is -0.930. The second-order valence-corrected chi connectivity index (χ2v) is 5.00. The highest BCUT2D eigenvalue weighted by Crippen LogP contribution is 2.23. The quantitative estimate of drug-likeness (QED) is 0.847. The molecule has 0 aromatic heterocycles. The molecule has 1 aliphatic rings. The van der Waals surface area contributed by atoms with Crippen LogP contribution in [0.3, 0.4) is 0 Å². The van der Waals surface area contributed by atoms with Crippen molar-refractivity contribution >= 4 is 0 Å². The monoisotopic (exact) mass is 237 g/mol. The summed E-state index contributed by atoms with van der Waals surface area (Å²) in [5.74, 6) is -0.164. The van der Waals surface area contributed by atoms with Gasteiger partial charge in [-0.15, -0.1) is 0 Å². The van der Waals surface area contributed by atoms with Crippen molar-refractivity contribution in [2.75, 3.05) is 0 Å². The SMILES string of the molecule is Cc1ccc(C(C)N[C@H]2CCC[C@@H]2O)cc1F. The van der Waals surface area contributed by atoms with Crippen LogP contribution in [0.1, 0.15) is 43.4 Å². The van der Waals surface area contributed by atoms with Crippen molar-refractivity contribution in [3.05, 3.63) is 35.1 Å². The number of benzene rings is 1. The second-order valence-electron chi connectivity index (χ2n) is 5.00. The Morgan fingerprint density at radius 3 is 2.76 bits per heavy atom. The maximum atomic E-state index is 13.5. The summed E-state index contributed by atoms with van der Waals surface area (Å²) in [6.45, 7) is 3.77. The first-order valence-corrected chi connectivity index (χ1v) is 6.28. The molecule has 94 valence electrons. The van der Waals surface area contributed by atoms with Crippen LogP contribution in [0, 0.1) is 12.7 Å². The molecule has 2 N–H and O–H groups in total. The van der Waals surface area contributed by atoms with E-state index in [4.69, 9.17) is 0 Å². The van der Waals surface area contributed by atoms with Gasteiger partial charge in [0, 0.05) is 12.1 Å². The largest absolute Gasteiger partial charge is 0.392 e. The molecule has 0 aliphatic heterocycles. The number of hydrogen-bond acceptors (Lipinski definition) is 2. The summed E-state index contributed by atoms with van der Waals surface area (Å²) in [5, 5.41) is 13.1. The Labute approximate surface area is 102 Å². The maximum Gasteiger partial charge on any atom is 0.126 e. The number of halogens is 1. The summed E-state index contributed by atoms with van der Waals surface area (Å²) >= 11 is 0. The third kappa shape index (κ3) is 2.85. The zero-order valence-corrected chi connectivity index (χ0v) is 10.4. The van der Waals surface area contributed by atoms with E-state index in [1.54, 1.807) is 19.1 Å². The van der Waals surface area contributed by atoms with Crippen molar-refractivity contribution in [3.63, 3.8) is 0 Å². The molecule has 3 atom stereocenters. The van der Waals surface area contributed by atoms with Crippen molar-refractivity contribution in [1.29, 1.82) is 0 Å². The third-order valence-electron chi connectivity index (χ3n) is 3.64. The standard InChI is InChI=1S/C14H20FNO/c1-9-6-7-11(8-12(9)15)10(2)16-13-4-3-5-14(13)17/h6-8,10,13-14,16-17H,3-5H2,1-2H3/t10?,13-,14-/m0/s1. The smallest absolute Gasteiger partial charge is 0.126 e. The minimum Gasteiger partial charge on any atom is -0.392 e. The minimum absolute atomic E-state index is 0.0721. The zero-order valence-electron chi connectivity index (χ0n) is 10.4. The molecule has 0 radical (unpaired) electrons. The highest BCUT2D eigenvalue weighted by Gasteiger charge is 2.26. The van der Waals surface area contributed by atoms with Gasteiger partial charge in [0.15, 0.2) is 0 Å². The molecule has 0 heterocycles. The Morgan fingerprint density at radius 1 is 1.41 bits per heavy atom. The molecular formula is C14H20FNO. The Balaban J connectivity index is 2.03. The topological polar surface area (TPSA) is 32.3 Å². The van der Waals surface area contributed by atoms with Gasteiger partial charge < -0.3 is 10.4 Å². The summed E-state index contributed by atoms with van der Waals surface area (Å²) < 4.78 is 13.5. The maximum absolute atomic E-state index is 13.5. The van der Waals surface area contributed by atoms with E-state index in [9.17, 15) is 9.50 Å². The molecule has 0 amide bonds. The fraction of sp³-hybridized carbons (Fsp3) is 0.571. The van der Waals surface area contributed by atoms with E-state index in [-0.39, 0.29) is 24.0 Å². The lowest BCUT2D eigenvalue weighted by Crippen LogP contribution is -2.37. The molecule has 0 bridgehead atoms. The average Bonchev–Trinajstić information content (AvgIpc) is 2.68. The molecule has 2 nitrogen and oxygen atoms in total. The van der Waals surface area contributed by atoms with Gasteiger partial charge in [-0.2, -0.15) is 0 Å². The van der Waals surface area contributed by atoms with Crippen LogP contribution in [0.15, 0.2) is 18.2 Å². The summed E-state index contributed by atoms with van der Waals surface area (Å²) in [6.07, 6.45) is 2.67. The molecule has 1 aliphatic carbocycles. The van der Waals surface area contributed by atoms with Gasteiger partial charge in [0.1, 0.15) is 5.82 Å². The molecular weight excluding hydrogens is 217 g/mol. The average molecular weight is 237 g/mol. The van der Waals surface area contributed by atoms with Gasteiger partial charge in [0.05, 0.1) is 6.10 Å². The minimum atomic E-state index is -0.257. The molecule has 1 aromatic carbocycles. The first-order chi connectivity index (χ1) is 8.08. The predicted molar refractivity (Wildman–Crippen MR) is 66.3 cm³/mol. The Bertz CT molecular complexity index is 394. The number of nitrogens with one attached hydrogen (secondary N) is 1. The van der Waals surface area contributed by atoms with Gasteiger partial charge in [0.2, 0.25) is 0 Å². The Morgan fingerprint density at radius 2 is 2.18 bits per heavy atom. The second kappa shape index (κ2) is 5.15. The molecule has 0 saturated heterocycles. The highest BCUT2D eigenvalue weighted by molar-refractivity contribution is 5.25. The lowest BCUT2D eigenvalue weighted by molar-refractivity contribution is 0.144. The number of aliphatic hydroxyl groups is 1. The number of hydrogen-bond donors (Lipinski definition) is 2. The molecule has 1 saturated carbocycles. The molecule has 3 heteroatoms. The number of aryl methyl sites for hydroxylation is 1. The van der Waals surface area contributed by atoms with Crippen LogP contribution in [0.2, 0.25) is 0 Å². The van der Waals surface area contributed by atoms with E-state index in [1.807, 2.05) is 13.0 Å². The molecule has 0 spiro atoms. The van der Waals surface area contributed by atoms with Crippen molar-refractivity contribution < 1.29 is 9.50 Å². The summed E-state index contributed by atoms with van der Waals surface area (Å²) in [6, 6.07) is 5.54. The lowest BCUT2D eigenvalue weighted by Gasteiger charge is -2.22. The molecule has 17 heavy (non-hydrogen) atoms. The van der Waals surface area contributed by atoms with Gasteiger partial charge >= 0.3 is 0 Å². The van der Waals surface area contributed by atoms with E-state index in [0.29, 0.717) is 5.56 Å². The highest BCUT2D eigenvalue weighted by atomic mass is 19.1. The van der Waals surface area contributed by atoms with Crippen LogP contribution >= 0.6 is 0 Å². The first kappa shape index (κ1) is 12.5. The van der Waals surface area contributed by atoms with Crippen LogP contribution < -0.4 is 5.32 Å². The van der Waals surface area contributed by atoms with Gasteiger partial charge in [-0.25, -0.2) is 4.39 Å². The molecule has 1 aromatic rings. The van der Waals surface area contributed by atoms with E-state index in [2.05, 4.69) is 5.32 Å². The molecule has 1 unspecified atom stereocenters. The number of rotatable bonds is 3. The van der Waals surface area contributed by atoms with Crippen molar-refractivity contribution in [3.8, 4) is 0 Å². The fourth-order valence-corrected chi connectivity index (χ4v) is 2.43. The van der Waals surface area contributed by atoms with E-state index < -0.39 is 0 Å². The molecule has 1 fully saturated rings. The lowest BCUT2D eigenvalue weighted by atomic mass is 10.0. The van der Waals surface area contributed by atoms with Crippen molar-refractivity contribution in [2.24, 2.45) is 0 Å². The van der Waals surface area contributed by atoms with Crippen LogP contribution in [-0.2, 0) is 0 Å². The number of aliphatic hydroxyl groups excluding tert-OH is 1. The normalized spacial score (nSPS) is 26.1.